The van der Waals surface area contributed by atoms with Crippen molar-refractivity contribution in [3.05, 3.63) is 29.6 Å². The molecule has 21 heavy (non-hydrogen) atoms. The largest absolute Gasteiger partial charge is 0.477 e. The van der Waals surface area contributed by atoms with Gasteiger partial charge in [0.05, 0.1) is 0 Å². The Morgan fingerprint density at radius 1 is 1.52 bits per heavy atom. The average molecular weight is 313 g/mol. The minimum atomic E-state index is -3.50. The molecule has 1 aromatic rings. The Morgan fingerprint density at radius 3 is 2.86 bits per heavy atom. The first-order valence-electron chi connectivity index (χ1n) is 6.81. The normalized spacial score (nSPS) is 20.3. The highest BCUT2D eigenvalue weighted by molar-refractivity contribution is 7.87. The first-order chi connectivity index (χ1) is 9.88. The summed E-state index contributed by atoms with van der Waals surface area (Å²) in [6, 6.07) is 2.91. The molecule has 0 spiro atoms. The molecule has 0 bridgehead atoms. The Hall–Kier alpha value is -1.51. The maximum atomic E-state index is 12.2. The van der Waals surface area contributed by atoms with Crippen molar-refractivity contribution in [2.45, 2.75) is 26.3 Å². The highest BCUT2D eigenvalue weighted by atomic mass is 32.2. The van der Waals surface area contributed by atoms with Gasteiger partial charge in [0.15, 0.2) is 0 Å². The quantitative estimate of drug-likeness (QED) is 0.839. The number of aromatic nitrogens is 1. The molecule has 2 N–H and O–H groups in total. The zero-order valence-electron chi connectivity index (χ0n) is 11.8. The minimum absolute atomic E-state index is 0.0635. The molecule has 0 aromatic carbocycles. The Bertz CT molecular complexity index is 600. The van der Waals surface area contributed by atoms with E-state index < -0.39 is 16.2 Å². The molecule has 1 saturated heterocycles. The van der Waals surface area contributed by atoms with Crippen LogP contribution in [0.5, 0.6) is 0 Å². The molecule has 1 fully saturated rings. The smallest absolute Gasteiger partial charge is 0.354 e. The second-order valence-corrected chi connectivity index (χ2v) is 7.04. The third-order valence-corrected chi connectivity index (χ3v) is 4.98. The van der Waals surface area contributed by atoms with E-state index in [1.807, 2.05) is 6.92 Å². The van der Waals surface area contributed by atoms with Gasteiger partial charge in [-0.25, -0.2) is 9.78 Å². The number of piperidine rings is 1. The number of nitrogens with zero attached hydrogens (tertiary/aromatic N) is 2. The van der Waals surface area contributed by atoms with E-state index in [1.54, 1.807) is 6.07 Å². The molecule has 1 aromatic heterocycles. The summed E-state index contributed by atoms with van der Waals surface area (Å²) in [6.07, 6.45) is 3.29. The fraction of sp³-hybridized carbons (Fsp3) is 0.538. The number of carboxylic acids is 1. The lowest BCUT2D eigenvalue weighted by Gasteiger charge is -2.29. The second-order valence-electron chi connectivity index (χ2n) is 5.29. The highest BCUT2D eigenvalue weighted by Gasteiger charge is 2.26. The van der Waals surface area contributed by atoms with E-state index in [9.17, 15) is 13.2 Å². The van der Waals surface area contributed by atoms with Gasteiger partial charge in [0.25, 0.3) is 10.2 Å². The van der Waals surface area contributed by atoms with E-state index in [4.69, 9.17) is 5.11 Å². The number of aromatic carboxylic acids is 1. The third kappa shape index (κ3) is 4.23. The Kier molecular flexibility index (Phi) is 4.92. The summed E-state index contributed by atoms with van der Waals surface area (Å²) in [5.74, 6) is -0.740. The van der Waals surface area contributed by atoms with E-state index in [0.29, 0.717) is 24.6 Å². The van der Waals surface area contributed by atoms with Crippen LogP contribution in [0.25, 0.3) is 0 Å². The minimum Gasteiger partial charge on any atom is -0.477 e. The van der Waals surface area contributed by atoms with Crippen molar-refractivity contribution < 1.29 is 18.3 Å². The van der Waals surface area contributed by atoms with E-state index >= 15 is 0 Å². The van der Waals surface area contributed by atoms with Crippen molar-refractivity contribution in [3.63, 3.8) is 0 Å². The van der Waals surface area contributed by atoms with Crippen molar-refractivity contribution >= 4 is 16.2 Å². The fourth-order valence-corrected chi connectivity index (χ4v) is 3.64. The SMILES string of the molecule is CC1CCCN(S(=O)(=O)NCc2ccc(C(=O)O)nc2)C1. The van der Waals surface area contributed by atoms with Crippen LogP contribution in [0.1, 0.15) is 35.8 Å². The number of hydrogen-bond donors (Lipinski definition) is 2. The van der Waals surface area contributed by atoms with Crippen molar-refractivity contribution in [1.29, 1.82) is 0 Å². The van der Waals surface area contributed by atoms with Gasteiger partial charge in [0.2, 0.25) is 0 Å². The van der Waals surface area contributed by atoms with E-state index in [1.165, 1.54) is 16.6 Å². The van der Waals surface area contributed by atoms with E-state index in [2.05, 4.69) is 9.71 Å². The lowest BCUT2D eigenvalue weighted by Crippen LogP contribution is -2.45. The third-order valence-electron chi connectivity index (χ3n) is 3.46. The molecular formula is C13H19N3O4S. The van der Waals surface area contributed by atoms with Gasteiger partial charge in [-0.15, -0.1) is 0 Å². The summed E-state index contributed by atoms with van der Waals surface area (Å²) >= 11 is 0. The van der Waals surface area contributed by atoms with Crippen LogP contribution in [0.2, 0.25) is 0 Å². The van der Waals surface area contributed by atoms with Crippen LogP contribution in [-0.2, 0) is 16.8 Å². The molecular weight excluding hydrogens is 294 g/mol. The number of pyridine rings is 1. The molecule has 0 amide bonds. The summed E-state index contributed by atoms with van der Waals surface area (Å²) in [5.41, 5.74) is 0.556. The standard InChI is InChI=1S/C13H19N3O4S/c1-10-3-2-6-16(9-10)21(19,20)15-8-11-4-5-12(13(17)18)14-7-11/h4-5,7,10,15H,2-3,6,8-9H2,1H3,(H,17,18). The summed E-state index contributed by atoms with van der Waals surface area (Å²) < 4.78 is 28.3. The van der Waals surface area contributed by atoms with Gasteiger partial charge < -0.3 is 5.11 Å². The van der Waals surface area contributed by atoms with Gasteiger partial charge in [-0.3, -0.25) is 0 Å². The lowest BCUT2D eigenvalue weighted by atomic mass is 10.0. The van der Waals surface area contributed by atoms with Crippen LogP contribution in [0.4, 0.5) is 0 Å². The van der Waals surface area contributed by atoms with Crippen LogP contribution in [0.15, 0.2) is 18.3 Å². The van der Waals surface area contributed by atoms with Gasteiger partial charge in [-0.1, -0.05) is 13.0 Å². The number of hydrogen-bond acceptors (Lipinski definition) is 4. The Balaban J connectivity index is 1.96. The van der Waals surface area contributed by atoms with Crippen LogP contribution in [0, 0.1) is 5.92 Å². The van der Waals surface area contributed by atoms with Crippen molar-refractivity contribution in [2.24, 2.45) is 5.92 Å². The maximum Gasteiger partial charge on any atom is 0.354 e. The molecule has 8 heteroatoms. The predicted octanol–water partition coefficient (Wildman–Crippen LogP) is 0.846. The zero-order valence-corrected chi connectivity index (χ0v) is 12.6. The van der Waals surface area contributed by atoms with Crippen LogP contribution in [-0.4, -0.2) is 41.9 Å². The molecule has 1 unspecified atom stereocenters. The topological polar surface area (TPSA) is 99.6 Å². The summed E-state index contributed by atoms with van der Waals surface area (Å²) in [7, 11) is -3.50. The number of carbonyl (C=O) groups is 1. The van der Waals surface area contributed by atoms with Gasteiger partial charge in [0, 0.05) is 25.8 Å². The molecule has 0 radical (unpaired) electrons. The van der Waals surface area contributed by atoms with Gasteiger partial charge in [-0.05, 0) is 30.4 Å². The molecule has 1 atom stereocenters. The Labute approximate surface area is 124 Å². The van der Waals surface area contributed by atoms with E-state index in [0.717, 1.165) is 12.8 Å². The molecule has 0 saturated carbocycles. The zero-order chi connectivity index (χ0) is 15.5. The summed E-state index contributed by atoms with van der Waals surface area (Å²) in [6.45, 7) is 3.21. The van der Waals surface area contributed by atoms with Crippen LogP contribution in [0.3, 0.4) is 0 Å². The van der Waals surface area contributed by atoms with Gasteiger partial charge in [-0.2, -0.15) is 17.4 Å². The molecule has 2 rings (SSSR count). The van der Waals surface area contributed by atoms with Crippen molar-refractivity contribution in [3.8, 4) is 0 Å². The average Bonchev–Trinajstić information content (AvgIpc) is 2.45. The molecule has 1 aliphatic heterocycles. The number of rotatable bonds is 5. The molecule has 0 aliphatic carbocycles. The van der Waals surface area contributed by atoms with Crippen molar-refractivity contribution in [2.75, 3.05) is 13.1 Å². The summed E-state index contributed by atoms with van der Waals surface area (Å²) in [5, 5.41) is 8.75. The fourth-order valence-electron chi connectivity index (χ4n) is 2.29. The van der Waals surface area contributed by atoms with Gasteiger partial charge >= 0.3 is 5.97 Å². The Morgan fingerprint density at radius 2 is 2.29 bits per heavy atom. The first kappa shape index (κ1) is 15.9. The monoisotopic (exact) mass is 313 g/mol. The van der Waals surface area contributed by atoms with Gasteiger partial charge in [0.1, 0.15) is 5.69 Å². The number of carboxylic acid groups (broad SMARTS) is 1. The van der Waals surface area contributed by atoms with Crippen LogP contribution < -0.4 is 4.72 Å². The second kappa shape index (κ2) is 6.50. The predicted molar refractivity (Wildman–Crippen MR) is 76.9 cm³/mol. The molecule has 7 nitrogen and oxygen atoms in total. The van der Waals surface area contributed by atoms with E-state index in [-0.39, 0.29) is 12.2 Å². The lowest BCUT2D eigenvalue weighted by molar-refractivity contribution is 0.0690. The molecule has 2 heterocycles. The first-order valence-corrected chi connectivity index (χ1v) is 8.25. The molecule has 116 valence electrons. The summed E-state index contributed by atoms with van der Waals surface area (Å²) in [4.78, 5) is 14.4. The highest BCUT2D eigenvalue weighted by Crippen LogP contribution is 2.17. The van der Waals surface area contributed by atoms with Crippen LogP contribution >= 0.6 is 0 Å². The number of nitrogens with one attached hydrogen (secondary N) is 1. The molecule has 1 aliphatic rings. The van der Waals surface area contributed by atoms with Crippen molar-refractivity contribution in [1.82, 2.24) is 14.0 Å². The maximum absolute atomic E-state index is 12.2.